The van der Waals surface area contributed by atoms with E-state index in [1.54, 1.807) is 30.3 Å². The Kier molecular flexibility index (Phi) is 5.53. The van der Waals surface area contributed by atoms with Gasteiger partial charge in [-0.05, 0) is 18.6 Å². The fraction of sp³-hybridized carbons (Fsp3) is 0.308. The number of nitrogens with two attached hydrogens (primary N) is 1. The molecule has 1 aromatic carbocycles. The SMILES string of the molecule is COC(=O)[C@H](CCC(N)=O)NC(=O)c1ccccc1. The highest BCUT2D eigenvalue weighted by Crippen LogP contribution is 2.03. The zero-order chi connectivity index (χ0) is 14.3. The number of hydrogen-bond acceptors (Lipinski definition) is 4. The van der Waals surface area contributed by atoms with Crippen LogP contribution in [0.15, 0.2) is 30.3 Å². The number of carbonyl (C=O) groups excluding carboxylic acids is 3. The molecule has 0 fully saturated rings. The first kappa shape index (κ1) is 14.7. The van der Waals surface area contributed by atoms with Crippen molar-refractivity contribution in [2.24, 2.45) is 5.73 Å². The summed E-state index contributed by atoms with van der Waals surface area (Å²) >= 11 is 0. The van der Waals surface area contributed by atoms with E-state index in [1.807, 2.05) is 0 Å². The van der Waals surface area contributed by atoms with E-state index in [-0.39, 0.29) is 12.8 Å². The minimum absolute atomic E-state index is 0.00512. The Hall–Kier alpha value is -2.37. The smallest absolute Gasteiger partial charge is 0.328 e. The predicted molar refractivity (Wildman–Crippen MR) is 68.1 cm³/mol. The Bertz CT molecular complexity index is 459. The zero-order valence-electron chi connectivity index (χ0n) is 10.6. The van der Waals surface area contributed by atoms with Gasteiger partial charge < -0.3 is 15.8 Å². The molecule has 0 heterocycles. The van der Waals surface area contributed by atoms with Crippen molar-refractivity contribution in [2.45, 2.75) is 18.9 Å². The van der Waals surface area contributed by atoms with Gasteiger partial charge in [-0.3, -0.25) is 9.59 Å². The summed E-state index contributed by atoms with van der Waals surface area (Å²) < 4.78 is 4.58. The molecule has 0 aliphatic heterocycles. The van der Waals surface area contributed by atoms with E-state index in [1.165, 1.54) is 7.11 Å². The first-order valence-electron chi connectivity index (χ1n) is 5.76. The van der Waals surface area contributed by atoms with Gasteiger partial charge in [-0.1, -0.05) is 18.2 Å². The van der Waals surface area contributed by atoms with Gasteiger partial charge in [-0.15, -0.1) is 0 Å². The summed E-state index contributed by atoms with van der Waals surface area (Å²) in [6, 6.07) is 7.57. The second-order valence-electron chi connectivity index (χ2n) is 3.92. The normalized spacial score (nSPS) is 11.4. The van der Waals surface area contributed by atoms with E-state index in [0.717, 1.165) is 0 Å². The lowest BCUT2D eigenvalue weighted by molar-refractivity contribution is -0.143. The van der Waals surface area contributed by atoms with Crippen molar-refractivity contribution in [3.8, 4) is 0 Å². The van der Waals surface area contributed by atoms with Gasteiger partial charge in [0.15, 0.2) is 0 Å². The number of carbonyl (C=O) groups is 3. The molecule has 0 radical (unpaired) electrons. The van der Waals surface area contributed by atoms with Crippen LogP contribution in [0.1, 0.15) is 23.2 Å². The highest BCUT2D eigenvalue weighted by molar-refractivity contribution is 5.96. The van der Waals surface area contributed by atoms with Crippen LogP contribution in [0.4, 0.5) is 0 Å². The van der Waals surface area contributed by atoms with E-state index >= 15 is 0 Å². The standard InChI is InChI=1S/C13H16N2O4/c1-19-13(18)10(7-8-11(14)16)15-12(17)9-5-3-2-4-6-9/h2-6,10H,7-8H2,1H3,(H2,14,16)(H,15,17)/t10-/m0/s1. The van der Waals surface area contributed by atoms with Gasteiger partial charge in [0.2, 0.25) is 5.91 Å². The topological polar surface area (TPSA) is 98.5 Å². The molecule has 0 aliphatic carbocycles. The third kappa shape index (κ3) is 4.79. The number of benzene rings is 1. The quantitative estimate of drug-likeness (QED) is 0.718. The van der Waals surface area contributed by atoms with Crippen LogP contribution < -0.4 is 11.1 Å². The maximum absolute atomic E-state index is 11.9. The van der Waals surface area contributed by atoms with Crippen molar-refractivity contribution in [2.75, 3.05) is 7.11 Å². The Morgan fingerprint density at radius 1 is 1.26 bits per heavy atom. The number of nitrogens with one attached hydrogen (secondary N) is 1. The molecule has 1 rings (SSSR count). The van der Waals surface area contributed by atoms with E-state index in [4.69, 9.17) is 5.73 Å². The molecule has 6 heteroatoms. The maximum Gasteiger partial charge on any atom is 0.328 e. The van der Waals surface area contributed by atoms with E-state index in [2.05, 4.69) is 10.1 Å². The number of rotatable bonds is 6. The second-order valence-corrected chi connectivity index (χ2v) is 3.92. The number of methoxy groups -OCH3 is 1. The summed E-state index contributed by atoms with van der Waals surface area (Å²) in [6.45, 7) is 0. The van der Waals surface area contributed by atoms with Crippen molar-refractivity contribution >= 4 is 17.8 Å². The van der Waals surface area contributed by atoms with E-state index < -0.39 is 23.8 Å². The Morgan fingerprint density at radius 3 is 2.42 bits per heavy atom. The van der Waals surface area contributed by atoms with Gasteiger partial charge in [0.1, 0.15) is 6.04 Å². The van der Waals surface area contributed by atoms with Crippen LogP contribution in [-0.2, 0) is 14.3 Å². The van der Waals surface area contributed by atoms with Crippen LogP contribution >= 0.6 is 0 Å². The molecule has 0 saturated heterocycles. The van der Waals surface area contributed by atoms with Crippen LogP contribution in [0.25, 0.3) is 0 Å². The van der Waals surface area contributed by atoms with Crippen molar-refractivity contribution in [3.63, 3.8) is 0 Å². The molecule has 3 N–H and O–H groups in total. The molecular weight excluding hydrogens is 248 g/mol. The molecule has 0 spiro atoms. The van der Waals surface area contributed by atoms with Gasteiger partial charge >= 0.3 is 5.97 Å². The Morgan fingerprint density at radius 2 is 1.89 bits per heavy atom. The first-order valence-corrected chi connectivity index (χ1v) is 5.76. The van der Waals surface area contributed by atoms with Gasteiger partial charge in [-0.25, -0.2) is 4.79 Å². The van der Waals surface area contributed by atoms with Crippen molar-refractivity contribution in [1.82, 2.24) is 5.32 Å². The van der Waals surface area contributed by atoms with Crippen LogP contribution in [0, 0.1) is 0 Å². The van der Waals surface area contributed by atoms with Crippen LogP contribution in [0.3, 0.4) is 0 Å². The van der Waals surface area contributed by atoms with Gasteiger partial charge in [0.05, 0.1) is 7.11 Å². The minimum Gasteiger partial charge on any atom is -0.467 e. The summed E-state index contributed by atoms with van der Waals surface area (Å²) in [7, 11) is 1.22. The number of ether oxygens (including phenoxy) is 1. The fourth-order valence-corrected chi connectivity index (χ4v) is 1.51. The molecule has 0 aliphatic rings. The van der Waals surface area contributed by atoms with Crippen molar-refractivity contribution in [1.29, 1.82) is 0 Å². The number of amides is 2. The molecule has 6 nitrogen and oxygen atoms in total. The van der Waals surface area contributed by atoms with Gasteiger partial charge in [0, 0.05) is 12.0 Å². The molecule has 102 valence electrons. The van der Waals surface area contributed by atoms with Crippen molar-refractivity contribution < 1.29 is 19.1 Å². The molecule has 2 amide bonds. The second kappa shape index (κ2) is 7.15. The lowest BCUT2D eigenvalue weighted by Gasteiger charge is -2.15. The molecule has 0 aromatic heterocycles. The first-order chi connectivity index (χ1) is 9.04. The Labute approximate surface area is 110 Å². The van der Waals surface area contributed by atoms with Gasteiger partial charge in [0.25, 0.3) is 5.91 Å². The van der Waals surface area contributed by atoms with Crippen LogP contribution in [-0.4, -0.2) is 30.9 Å². The lowest BCUT2D eigenvalue weighted by Crippen LogP contribution is -2.42. The number of primary amides is 1. The van der Waals surface area contributed by atoms with E-state index in [0.29, 0.717) is 5.56 Å². The number of hydrogen-bond donors (Lipinski definition) is 2. The summed E-state index contributed by atoms with van der Waals surface area (Å²) in [6.07, 6.45) is 0.107. The summed E-state index contributed by atoms with van der Waals surface area (Å²) in [5, 5.41) is 2.52. The summed E-state index contributed by atoms with van der Waals surface area (Å²) in [4.78, 5) is 34.1. The molecule has 0 saturated carbocycles. The van der Waals surface area contributed by atoms with E-state index in [9.17, 15) is 14.4 Å². The monoisotopic (exact) mass is 264 g/mol. The third-order valence-electron chi connectivity index (χ3n) is 2.51. The molecule has 1 aromatic rings. The highest BCUT2D eigenvalue weighted by Gasteiger charge is 2.22. The molecule has 19 heavy (non-hydrogen) atoms. The van der Waals surface area contributed by atoms with Crippen LogP contribution in [0.5, 0.6) is 0 Å². The zero-order valence-corrected chi connectivity index (χ0v) is 10.6. The fourth-order valence-electron chi connectivity index (χ4n) is 1.51. The third-order valence-corrected chi connectivity index (χ3v) is 2.51. The Balaban J connectivity index is 2.69. The van der Waals surface area contributed by atoms with Crippen LogP contribution in [0.2, 0.25) is 0 Å². The highest BCUT2D eigenvalue weighted by atomic mass is 16.5. The lowest BCUT2D eigenvalue weighted by atomic mass is 10.1. The summed E-state index contributed by atoms with van der Waals surface area (Å²) in [5.74, 6) is -1.55. The average molecular weight is 264 g/mol. The molecule has 0 bridgehead atoms. The minimum atomic E-state index is -0.884. The molecular formula is C13H16N2O4. The molecule has 0 unspecified atom stereocenters. The van der Waals surface area contributed by atoms with Crippen molar-refractivity contribution in [3.05, 3.63) is 35.9 Å². The summed E-state index contributed by atoms with van der Waals surface area (Å²) in [5.41, 5.74) is 5.45. The average Bonchev–Trinajstić information content (AvgIpc) is 2.43. The predicted octanol–water partition coefficient (Wildman–Crippen LogP) is 0.224. The number of esters is 1. The molecule has 1 atom stereocenters. The van der Waals surface area contributed by atoms with Gasteiger partial charge in [-0.2, -0.15) is 0 Å². The maximum atomic E-state index is 11.9. The largest absolute Gasteiger partial charge is 0.467 e.